The Morgan fingerprint density at radius 3 is 2.41 bits per heavy atom. The zero-order valence-electron chi connectivity index (χ0n) is 23.2. The van der Waals surface area contributed by atoms with Crippen molar-refractivity contribution in [1.29, 1.82) is 0 Å². The molecule has 2 aliphatic rings. The van der Waals surface area contributed by atoms with Gasteiger partial charge in [0.25, 0.3) is 0 Å². The van der Waals surface area contributed by atoms with E-state index >= 15 is 0 Å². The number of hydrogen-bond acceptors (Lipinski definition) is 4. The van der Waals surface area contributed by atoms with Gasteiger partial charge in [0, 0.05) is 40.2 Å². The monoisotopic (exact) mass is 518 g/mol. The highest BCUT2D eigenvalue weighted by molar-refractivity contribution is 6.24. The molecule has 2 aliphatic heterocycles. The molecule has 0 saturated carbocycles. The molecule has 0 radical (unpaired) electrons. The lowest BCUT2D eigenvalue weighted by atomic mass is 9.88. The summed E-state index contributed by atoms with van der Waals surface area (Å²) in [5, 5.41) is 13.0. The Morgan fingerprint density at radius 1 is 1.03 bits per heavy atom. The number of allylic oxidation sites excluding steroid dienone is 3. The first-order chi connectivity index (χ1) is 18.7. The Balaban J connectivity index is 1.50. The quantitative estimate of drug-likeness (QED) is 0.344. The second-order valence-corrected chi connectivity index (χ2v) is 10.4. The molecule has 0 bridgehead atoms. The van der Waals surface area contributed by atoms with Gasteiger partial charge >= 0.3 is 5.97 Å². The second kappa shape index (κ2) is 10.4. The first-order valence-corrected chi connectivity index (χ1v) is 13.3. The van der Waals surface area contributed by atoms with Gasteiger partial charge in [0.2, 0.25) is 0 Å². The lowest BCUT2D eigenvalue weighted by molar-refractivity contribution is 0.0698. The number of hydrogen-bond donors (Lipinski definition) is 2. The average molecular weight is 519 g/mol. The Labute approximate surface area is 230 Å². The van der Waals surface area contributed by atoms with Crippen LogP contribution in [-0.4, -0.2) is 23.3 Å². The van der Waals surface area contributed by atoms with Crippen LogP contribution in [0.15, 0.2) is 83.4 Å². The lowest BCUT2D eigenvalue weighted by Gasteiger charge is -2.29. The lowest BCUT2D eigenvalue weighted by Crippen LogP contribution is -2.15. The van der Waals surface area contributed by atoms with Crippen LogP contribution in [0.1, 0.15) is 78.3 Å². The molecule has 5 heteroatoms. The van der Waals surface area contributed by atoms with Gasteiger partial charge in [0.15, 0.2) is 0 Å². The van der Waals surface area contributed by atoms with Gasteiger partial charge in [-0.1, -0.05) is 54.6 Å². The minimum absolute atomic E-state index is 0.211. The molecule has 0 spiro atoms. The van der Waals surface area contributed by atoms with E-state index in [2.05, 4.69) is 74.1 Å². The predicted molar refractivity (Wildman–Crippen MR) is 161 cm³/mol. The molecule has 3 aromatic carbocycles. The highest BCUT2D eigenvalue weighted by atomic mass is 16.5. The molecule has 198 valence electrons. The van der Waals surface area contributed by atoms with Crippen molar-refractivity contribution in [3.8, 4) is 5.75 Å². The number of aryl methyl sites for hydroxylation is 1. The maximum absolute atomic E-state index is 11.8. The maximum Gasteiger partial charge on any atom is 0.337 e. The standard InChI is InChI=1S/C34H34N2O3/c1-19-17-28-21(3)22(4)32(26-13-11-25(12-14-26)31-20(2)15-16-35-24(31)6)39-33(28)29(18-19)23(5)36-30-10-8-7-9-27(30)34(37)38/h7-14,17-18,23,36H,3,15-16H2,1-2,4-6H3,(H,37,38). The smallest absolute Gasteiger partial charge is 0.337 e. The van der Waals surface area contributed by atoms with Crippen LogP contribution in [0.25, 0.3) is 16.9 Å². The molecule has 1 unspecified atom stereocenters. The highest BCUT2D eigenvalue weighted by Gasteiger charge is 2.27. The Morgan fingerprint density at radius 2 is 1.72 bits per heavy atom. The largest absolute Gasteiger partial charge is 0.478 e. The number of dihydropyridines is 1. The Kier molecular flexibility index (Phi) is 7.00. The van der Waals surface area contributed by atoms with Gasteiger partial charge in [-0.05, 0) is 81.5 Å². The van der Waals surface area contributed by atoms with Crippen LogP contribution < -0.4 is 10.1 Å². The highest BCUT2D eigenvalue weighted by Crippen LogP contribution is 2.45. The third-order valence-corrected chi connectivity index (χ3v) is 7.64. The number of anilines is 1. The van der Waals surface area contributed by atoms with Crippen molar-refractivity contribution in [2.45, 2.75) is 47.1 Å². The Hall–Kier alpha value is -4.38. The van der Waals surface area contributed by atoms with E-state index < -0.39 is 5.97 Å². The molecule has 5 rings (SSSR count). The van der Waals surface area contributed by atoms with Crippen molar-refractivity contribution in [1.82, 2.24) is 0 Å². The van der Waals surface area contributed by atoms with Crippen molar-refractivity contribution in [2.24, 2.45) is 4.99 Å². The van der Waals surface area contributed by atoms with E-state index in [0.717, 1.165) is 69.1 Å². The number of carboxylic acids is 1. The molecule has 0 aliphatic carbocycles. The number of aromatic carboxylic acids is 1. The molecule has 0 saturated heterocycles. The molecule has 1 atom stereocenters. The summed E-state index contributed by atoms with van der Waals surface area (Å²) in [6.07, 6.45) is 0.990. The number of carboxylic acid groups (broad SMARTS) is 1. The van der Waals surface area contributed by atoms with E-state index in [4.69, 9.17) is 4.74 Å². The fourth-order valence-corrected chi connectivity index (χ4v) is 5.51. The number of nitrogens with one attached hydrogen (secondary N) is 1. The normalized spacial score (nSPS) is 15.9. The first-order valence-electron chi connectivity index (χ1n) is 13.3. The summed E-state index contributed by atoms with van der Waals surface area (Å²) in [5.41, 5.74) is 11.5. The predicted octanol–water partition coefficient (Wildman–Crippen LogP) is 8.34. The third kappa shape index (κ3) is 4.92. The van der Waals surface area contributed by atoms with E-state index in [1.165, 1.54) is 11.1 Å². The Bertz CT molecular complexity index is 1590. The van der Waals surface area contributed by atoms with Crippen LogP contribution in [0.3, 0.4) is 0 Å². The van der Waals surface area contributed by atoms with Crippen molar-refractivity contribution in [3.05, 3.63) is 112 Å². The number of benzene rings is 3. The average Bonchev–Trinajstić information content (AvgIpc) is 2.91. The molecule has 2 N–H and O–H groups in total. The number of para-hydroxylation sites is 1. The summed E-state index contributed by atoms with van der Waals surface area (Å²) >= 11 is 0. The van der Waals surface area contributed by atoms with Gasteiger partial charge < -0.3 is 15.2 Å². The van der Waals surface area contributed by atoms with Gasteiger partial charge in [-0.15, -0.1) is 0 Å². The molecule has 3 aromatic rings. The molecular formula is C34H34N2O3. The molecular weight excluding hydrogens is 484 g/mol. The van der Waals surface area contributed by atoms with Gasteiger partial charge in [-0.25, -0.2) is 4.79 Å². The number of carbonyl (C=O) groups is 1. The van der Waals surface area contributed by atoms with Gasteiger partial charge in [0.05, 0.1) is 11.6 Å². The summed E-state index contributed by atoms with van der Waals surface area (Å²) in [6.45, 7) is 15.7. The fourth-order valence-electron chi connectivity index (χ4n) is 5.51. The summed E-state index contributed by atoms with van der Waals surface area (Å²) in [7, 11) is 0. The summed E-state index contributed by atoms with van der Waals surface area (Å²) in [6, 6.07) is 19.4. The minimum Gasteiger partial charge on any atom is -0.478 e. The van der Waals surface area contributed by atoms with Crippen molar-refractivity contribution in [2.75, 3.05) is 11.9 Å². The van der Waals surface area contributed by atoms with Crippen LogP contribution in [0.4, 0.5) is 5.69 Å². The summed E-state index contributed by atoms with van der Waals surface area (Å²) in [4.78, 5) is 16.4. The number of aliphatic imine (C=N–C) groups is 1. The van der Waals surface area contributed by atoms with Crippen molar-refractivity contribution < 1.29 is 14.6 Å². The summed E-state index contributed by atoms with van der Waals surface area (Å²) in [5.74, 6) is 0.560. The second-order valence-electron chi connectivity index (χ2n) is 10.4. The van der Waals surface area contributed by atoms with Crippen LogP contribution in [0.2, 0.25) is 0 Å². The zero-order chi connectivity index (χ0) is 27.8. The number of nitrogens with zero attached hydrogens (tertiary/aromatic N) is 1. The van der Waals surface area contributed by atoms with Gasteiger partial charge in [-0.3, -0.25) is 4.99 Å². The van der Waals surface area contributed by atoms with E-state index in [0.29, 0.717) is 5.69 Å². The van der Waals surface area contributed by atoms with Crippen molar-refractivity contribution >= 4 is 34.3 Å². The van der Waals surface area contributed by atoms with Crippen LogP contribution in [0, 0.1) is 6.92 Å². The molecule has 0 fully saturated rings. The van der Waals surface area contributed by atoms with E-state index in [-0.39, 0.29) is 11.6 Å². The fraction of sp³-hybridized carbons (Fsp3) is 0.235. The first kappa shape index (κ1) is 26.2. The molecule has 39 heavy (non-hydrogen) atoms. The van der Waals surface area contributed by atoms with E-state index in [1.54, 1.807) is 18.2 Å². The summed E-state index contributed by atoms with van der Waals surface area (Å²) < 4.78 is 6.68. The molecule has 5 nitrogen and oxygen atoms in total. The van der Waals surface area contributed by atoms with Gasteiger partial charge in [-0.2, -0.15) is 0 Å². The number of rotatable bonds is 6. The zero-order valence-corrected chi connectivity index (χ0v) is 23.2. The van der Waals surface area contributed by atoms with Crippen LogP contribution in [-0.2, 0) is 0 Å². The third-order valence-electron chi connectivity index (χ3n) is 7.64. The minimum atomic E-state index is -0.967. The number of fused-ring (bicyclic) bond motifs is 1. The van der Waals surface area contributed by atoms with Crippen molar-refractivity contribution in [3.63, 3.8) is 0 Å². The number of ether oxygens (including phenoxy) is 1. The molecule has 0 amide bonds. The van der Waals surface area contributed by atoms with Crippen LogP contribution in [0.5, 0.6) is 5.75 Å². The van der Waals surface area contributed by atoms with Gasteiger partial charge in [0.1, 0.15) is 11.5 Å². The molecule has 2 heterocycles. The topological polar surface area (TPSA) is 70.9 Å². The van der Waals surface area contributed by atoms with E-state index in [1.807, 2.05) is 19.9 Å². The SMILES string of the molecule is C=C1C(C)=C(c2ccc(C3=C(C)CCN=C3C)cc2)Oc2c1cc(C)cc2C(C)Nc1ccccc1C(=O)O. The van der Waals surface area contributed by atoms with Crippen LogP contribution >= 0.6 is 0 Å². The maximum atomic E-state index is 11.8. The van der Waals surface area contributed by atoms with E-state index in [9.17, 15) is 9.90 Å². The molecule has 0 aromatic heterocycles.